The lowest BCUT2D eigenvalue weighted by Crippen LogP contribution is -2.54. The molecule has 3 aliphatic rings. The molecule has 2 aromatic rings. The summed E-state index contributed by atoms with van der Waals surface area (Å²) < 4.78 is 5.50. The number of hydrogen-bond acceptors (Lipinski definition) is 8. The second kappa shape index (κ2) is 14.0. The third-order valence-corrected chi connectivity index (χ3v) is 9.58. The quantitative estimate of drug-likeness (QED) is 0.235. The van der Waals surface area contributed by atoms with Gasteiger partial charge in [-0.1, -0.05) is 61.2 Å². The summed E-state index contributed by atoms with van der Waals surface area (Å²) in [7, 11) is 1.68. The second-order valence-corrected chi connectivity index (χ2v) is 12.6. The average molecular weight is 601 g/mol. The number of benzene rings is 1. The van der Waals surface area contributed by atoms with Crippen LogP contribution in [0, 0.1) is 5.92 Å². The van der Waals surface area contributed by atoms with E-state index in [-0.39, 0.29) is 23.6 Å². The molecule has 222 valence electrons. The minimum absolute atomic E-state index is 0.0677. The number of piperazine rings is 2. The Balaban J connectivity index is 1.10. The SMILES string of the molecule is COc1ccccc1N1CCN(C(=O)CSc2nc(Cl)cc(N3CCN(C(=O)CCC4CCCC4)[C@H](C)C3)n2)CC1. The number of hydrogen-bond donors (Lipinski definition) is 0. The van der Waals surface area contributed by atoms with Gasteiger partial charge in [-0.15, -0.1) is 0 Å². The number of anilines is 2. The number of carbonyl (C=O) groups is 2. The standard InChI is InChI=1S/C30H41ClN6O3S/c1-22-20-36(17-18-37(22)28(38)12-11-23-7-3-4-8-23)27-19-26(31)32-30(33-27)41-21-29(39)35-15-13-34(14-16-35)24-9-5-6-10-25(24)40-2/h5-6,9-10,19,22-23H,3-4,7-8,11-18,20-21H2,1-2H3/t22-/m1/s1. The summed E-state index contributed by atoms with van der Waals surface area (Å²) in [6.45, 7) is 6.98. The number of aromatic nitrogens is 2. The molecule has 1 atom stereocenters. The minimum Gasteiger partial charge on any atom is -0.495 e. The van der Waals surface area contributed by atoms with Crippen molar-refractivity contribution in [2.45, 2.75) is 56.6 Å². The Hall–Kier alpha value is -2.72. The molecule has 0 unspecified atom stereocenters. The molecule has 41 heavy (non-hydrogen) atoms. The zero-order chi connectivity index (χ0) is 28.8. The number of nitrogens with zero attached hydrogens (tertiary/aromatic N) is 6. The number of amides is 2. The van der Waals surface area contributed by atoms with Gasteiger partial charge in [-0.2, -0.15) is 0 Å². The van der Waals surface area contributed by atoms with E-state index in [0.717, 1.165) is 42.7 Å². The van der Waals surface area contributed by atoms with E-state index in [0.29, 0.717) is 49.5 Å². The molecule has 9 nitrogen and oxygen atoms in total. The normalized spacial score (nSPS) is 20.0. The van der Waals surface area contributed by atoms with Crippen LogP contribution in [0.1, 0.15) is 45.4 Å². The Bertz CT molecular complexity index is 1200. The van der Waals surface area contributed by atoms with Crippen LogP contribution >= 0.6 is 23.4 Å². The molecule has 1 aromatic heterocycles. The van der Waals surface area contributed by atoms with Gasteiger partial charge in [0.1, 0.15) is 16.7 Å². The highest BCUT2D eigenvalue weighted by atomic mass is 35.5. The van der Waals surface area contributed by atoms with Crippen LogP contribution in [0.4, 0.5) is 11.5 Å². The van der Waals surface area contributed by atoms with Crippen molar-refractivity contribution in [2.24, 2.45) is 5.92 Å². The molecule has 1 saturated carbocycles. The van der Waals surface area contributed by atoms with Gasteiger partial charge in [0.15, 0.2) is 5.16 Å². The summed E-state index contributed by atoms with van der Waals surface area (Å²) in [4.78, 5) is 43.4. The van der Waals surface area contributed by atoms with Crippen molar-refractivity contribution in [1.29, 1.82) is 0 Å². The molecule has 5 rings (SSSR count). The zero-order valence-electron chi connectivity index (χ0n) is 24.1. The fourth-order valence-corrected chi connectivity index (χ4v) is 7.21. The van der Waals surface area contributed by atoms with Crippen molar-refractivity contribution in [1.82, 2.24) is 19.8 Å². The Morgan fingerprint density at radius 3 is 2.46 bits per heavy atom. The van der Waals surface area contributed by atoms with E-state index in [1.54, 1.807) is 13.2 Å². The van der Waals surface area contributed by atoms with Crippen LogP contribution in [-0.4, -0.2) is 96.3 Å². The van der Waals surface area contributed by atoms with E-state index in [1.807, 2.05) is 28.0 Å². The van der Waals surface area contributed by atoms with Gasteiger partial charge < -0.3 is 24.3 Å². The Kier molecular flexibility index (Phi) is 10.1. The Labute approximate surface area is 252 Å². The number of halogens is 1. The van der Waals surface area contributed by atoms with Gasteiger partial charge in [-0.05, 0) is 31.4 Å². The number of para-hydroxylation sites is 2. The fourth-order valence-electron chi connectivity index (χ4n) is 6.22. The maximum absolute atomic E-state index is 13.0. The van der Waals surface area contributed by atoms with Crippen LogP contribution in [0.15, 0.2) is 35.5 Å². The summed E-state index contributed by atoms with van der Waals surface area (Å²) in [6.07, 6.45) is 6.84. The van der Waals surface area contributed by atoms with Gasteiger partial charge in [0.2, 0.25) is 11.8 Å². The molecule has 1 aliphatic carbocycles. The third-order valence-electron chi connectivity index (χ3n) is 8.56. The molecule has 11 heteroatoms. The lowest BCUT2D eigenvalue weighted by Gasteiger charge is -2.40. The van der Waals surface area contributed by atoms with Crippen molar-refractivity contribution in [3.8, 4) is 5.75 Å². The van der Waals surface area contributed by atoms with Crippen LogP contribution in [0.25, 0.3) is 0 Å². The topological polar surface area (TPSA) is 82.1 Å². The van der Waals surface area contributed by atoms with Crippen molar-refractivity contribution in [2.75, 3.05) is 68.5 Å². The Morgan fingerprint density at radius 2 is 1.73 bits per heavy atom. The van der Waals surface area contributed by atoms with Crippen molar-refractivity contribution in [3.05, 3.63) is 35.5 Å². The zero-order valence-corrected chi connectivity index (χ0v) is 25.7. The minimum atomic E-state index is 0.0677. The smallest absolute Gasteiger partial charge is 0.233 e. The van der Waals surface area contributed by atoms with Gasteiger partial charge in [0.25, 0.3) is 0 Å². The summed E-state index contributed by atoms with van der Waals surface area (Å²) in [5.41, 5.74) is 1.06. The molecule has 2 amide bonds. The van der Waals surface area contributed by atoms with E-state index < -0.39 is 0 Å². The highest BCUT2D eigenvalue weighted by Gasteiger charge is 2.29. The van der Waals surface area contributed by atoms with Crippen LogP contribution in [-0.2, 0) is 9.59 Å². The molecule has 0 radical (unpaired) electrons. The highest BCUT2D eigenvalue weighted by Crippen LogP contribution is 2.30. The summed E-state index contributed by atoms with van der Waals surface area (Å²) in [5, 5.41) is 0.856. The van der Waals surface area contributed by atoms with Gasteiger partial charge in [-0.25, -0.2) is 9.97 Å². The molecular formula is C30H41ClN6O3S. The average Bonchev–Trinajstić information content (AvgIpc) is 3.52. The Morgan fingerprint density at radius 1 is 1.00 bits per heavy atom. The monoisotopic (exact) mass is 600 g/mol. The van der Waals surface area contributed by atoms with Gasteiger partial charge >= 0.3 is 0 Å². The van der Waals surface area contributed by atoms with Crippen molar-refractivity contribution < 1.29 is 14.3 Å². The number of ether oxygens (including phenoxy) is 1. The maximum atomic E-state index is 13.0. The number of methoxy groups -OCH3 is 1. The van der Waals surface area contributed by atoms with E-state index in [4.69, 9.17) is 21.3 Å². The number of rotatable bonds is 9. The lowest BCUT2D eigenvalue weighted by molar-refractivity contribution is -0.134. The summed E-state index contributed by atoms with van der Waals surface area (Å²) >= 11 is 7.70. The molecule has 2 aliphatic heterocycles. The first-order valence-corrected chi connectivity index (χ1v) is 16.1. The van der Waals surface area contributed by atoms with Gasteiger partial charge in [0.05, 0.1) is 18.6 Å². The van der Waals surface area contributed by atoms with Crippen molar-refractivity contribution >= 4 is 46.7 Å². The first-order valence-electron chi connectivity index (χ1n) is 14.8. The molecule has 0 N–H and O–H groups in total. The molecule has 3 fully saturated rings. The van der Waals surface area contributed by atoms with E-state index in [2.05, 4.69) is 27.8 Å². The van der Waals surface area contributed by atoms with Crippen molar-refractivity contribution in [3.63, 3.8) is 0 Å². The predicted molar refractivity (Wildman–Crippen MR) is 164 cm³/mol. The maximum Gasteiger partial charge on any atom is 0.233 e. The predicted octanol–water partition coefficient (Wildman–Crippen LogP) is 4.59. The molecular weight excluding hydrogens is 560 g/mol. The first kappa shape index (κ1) is 29.8. The van der Waals surface area contributed by atoms with E-state index in [1.165, 1.54) is 37.4 Å². The number of thioether (sulfide) groups is 1. The summed E-state index contributed by atoms with van der Waals surface area (Å²) in [5.74, 6) is 2.91. The second-order valence-electron chi connectivity index (χ2n) is 11.2. The molecule has 0 bridgehead atoms. The van der Waals surface area contributed by atoms with Crippen LogP contribution < -0.4 is 14.5 Å². The number of carbonyl (C=O) groups excluding carboxylic acids is 2. The fraction of sp³-hybridized carbons (Fsp3) is 0.600. The van der Waals surface area contributed by atoms with E-state index >= 15 is 0 Å². The highest BCUT2D eigenvalue weighted by molar-refractivity contribution is 7.99. The lowest BCUT2D eigenvalue weighted by atomic mass is 10.0. The third kappa shape index (κ3) is 7.57. The first-order chi connectivity index (χ1) is 19.9. The van der Waals surface area contributed by atoms with Crippen LogP contribution in [0.3, 0.4) is 0 Å². The summed E-state index contributed by atoms with van der Waals surface area (Å²) in [6, 6.07) is 9.85. The largest absolute Gasteiger partial charge is 0.495 e. The van der Waals surface area contributed by atoms with Gasteiger partial charge in [-0.3, -0.25) is 9.59 Å². The molecule has 2 saturated heterocycles. The van der Waals surface area contributed by atoms with Crippen LogP contribution in [0.2, 0.25) is 5.15 Å². The molecule has 0 spiro atoms. The van der Waals surface area contributed by atoms with E-state index in [9.17, 15) is 9.59 Å². The van der Waals surface area contributed by atoms with Crippen LogP contribution in [0.5, 0.6) is 5.75 Å². The molecule has 3 heterocycles. The van der Waals surface area contributed by atoms with Gasteiger partial charge in [0, 0.05) is 64.3 Å². The molecule has 1 aromatic carbocycles.